The van der Waals surface area contributed by atoms with Crippen molar-refractivity contribution >= 4 is 34.1 Å². The molecule has 0 aliphatic heterocycles. The molecular weight excluding hydrogens is 656 g/mol. The quantitative estimate of drug-likeness (QED) is 0.152. The lowest BCUT2D eigenvalue weighted by Gasteiger charge is -2.19. The minimum atomic E-state index is -0.395. The second-order valence-corrected chi connectivity index (χ2v) is 12.2. The van der Waals surface area contributed by atoms with Crippen LogP contribution < -0.4 is 41.1 Å². The van der Waals surface area contributed by atoms with Crippen LogP contribution in [-0.2, 0) is 27.3 Å². The van der Waals surface area contributed by atoms with E-state index in [-0.39, 0.29) is 29.3 Å². The summed E-state index contributed by atoms with van der Waals surface area (Å²) in [6.07, 6.45) is 3.59. The second-order valence-electron chi connectivity index (χ2n) is 12.2. The van der Waals surface area contributed by atoms with Gasteiger partial charge in [-0.1, -0.05) is 17.7 Å². The molecule has 14 heteroatoms. The van der Waals surface area contributed by atoms with Crippen LogP contribution in [0.15, 0.2) is 52.1 Å². The first-order valence-corrected chi connectivity index (χ1v) is 16.9. The summed E-state index contributed by atoms with van der Waals surface area (Å²) in [5, 5.41) is 17.5. The number of aryl methyl sites for hydroxylation is 1. The predicted octanol–water partition coefficient (Wildman–Crippen LogP) is 4.23. The first kappa shape index (κ1) is 36.8. The number of benzene rings is 2. The number of ether oxygens (including phenoxy) is 4. The SMILES string of the molecule is COCCn1nnc2ccc(NC(=O)CCCCCNc3ccc4c(cc3=O)C(NC(C)=O)CCc3cc(OC)c(OC)c(OC)c3-4)cc2c1=O. The van der Waals surface area contributed by atoms with Gasteiger partial charge >= 0.3 is 0 Å². The lowest BCUT2D eigenvalue weighted by atomic mass is 9.95. The maximum Gasteiger partial charge on any atom is 0.277 e. The molecule has 1 aromatic heterocycles. The second kappa shape index (κ2) is 16.9. The van der Waals surface area contributed by atoms with E-state index in [1.165, 1.54) is 11.6 Å². The number of nitrogens with one attached hydrogen (secondary N) is 3. The predicted molar refractivity (Wildman–Crippen MR) is 194 cm³/mol. The highest BCUT2D eigenvalue weighted by Crippen LogP contribution is 2.50. The zero-order valence-corrected chi connectivity index (χ0v) is 29.6. The van der Waals surface area contributed by atoms with Crippen molar-refractivity contribution in [2.24, 2.45) is 0 Å². The average molecular weight is 701 g/mol. The summed E-state index contributed by atoms with van der Waals surface area (Å²) in [6.45, 7) is 2.59. The highest BCUT2D eigenvalue weighted by atomic mass is 16.5. The molecule has 0 spiro atoms. The number of unbranched alkanes of at least 4 members (excludes halogenated alkanes) is 2. The molecular formula is C37H44N6O8. The highest BCUT2D eigenvalue weighted by Gasteiger charge is 2.29. The fourth-order valence-corrected chi connectivity index (χ4v) is 6.37. The number of nitrogens with zero attached hydrogens (tertiary/aromatic N) is 3. The molecule has 51 heavy (non-hydrogen) atoms. The average Bonchev–Trinajstić information content (AvgIpc) is 3.36. The Balaban J connectivity index is 1.24. The van der Waals surface area contributed by atoms with Crippen molar-refractivity contribution in [2.45, 2.75) is 58.0 Å². The van der Waals surface area contributed by atoms with Gasteiger partial charge in [0, 0.05) is 38.2 Å². The Morgan fingerprint density at radius 1 is 0.941 bits per heavy atom. The first-order chi connectivity index (χ1) is 24.7. The van der Waals surface area contributed by atoms with E-state index >= 15 is 0 Å². The molecule has 5 rings (SSSR count). The minimum Gasteiger partial charge on any atom is -0.493 e. The maximum atomic E-state index is 13.5. The van der Waals surface area contributed by atoms with Gasteiger partial charge in [0.05, 0.1) is 51.6 Å². The number of amides is 2. The molecule has 1 aliphatic rings. The Bertz CT molecular complexity index is 2030. The van der Waals surface area contributed by atoms with Crippen molar-refractivity contribution in [2.75, 3.05) is 52.2 Å². The molecule has 0 saturated carbocycles. The van der Waals surface area contributed by atoms with Crippen LogP contribution in [0.25, 0.3) is 22.0 Å². The van der Waals surface area contributed by atoms with Gasteiger partial charge in [-0.05, 0) is 78.8 Å². The molecule has 0 saturated heterocycles. The maximum absolute atomic E-state index is 13.5. The van der Waals surface area contributed by atoms with Gasteiger partial charge in [-0.25, -0.2) is 4.68 Å². The van der Waals surface area contributed by atoms with Crippen molar-refractivity contribution in [3.8, 4) is 28.4 Å². The third-order valence-corrected chi connectivity index (χ3v) is 8.82. The van der Waals surface area contributed by atoms with E-state index < -0.39 is 6.04 Å². The van der Waals surface area contributed by atoms with Crippen molar-refractivity contribution < 1.29 is 28.5 Å². The van der Waals surface area contributed by atoms with Crippen molar-refractivity contribution in [3.63, 3.8) is 0 Å². The lowest BCUT2D eigenvalue weighted by Crippen LogP contribution is -2.26. The summed E-state index contributed by atoms with van der Waals surface area (Å²) in [7, 11) is 6.22. The fraction of sp³-hybridized carbons (Fsp3) is 0.405. The number of hydrogen-bond donors (Lipinski definition) is 3. The van der Waals surface area contributed by atoms with Crippen molar-refractivity contribution in [1.82, 2.24) is 20.3 Å². The van der Waals surface area contributed by atoms with Gasteiger partial charge in [0.1, 0.15) is 5.52 Å². The summed E-state index contributed by atoms with van der Waals surface area (Å²) in [4.78, 5) is 51.2. The number of rotatable bonds is 15. The molecule has 0 fully saturated rings. The summed E-state index contributed by atoms with van der Waals surface area (Å²) < 4.78 is 23.4. The van der Waals surface area contributed by atoms with E-state index in [9.17, 15) is 19.2 Å². The zero-order chi connectivity index (χ0) is 36.5. The molecule has 1 heterocycles. The Labute approximate surface area is 295 Å². The number of aromatic nitrogens is 3. The third kappa shape index (κ3) is 8.46. The summed E-state index contributed by atoms with van der Waals surface area (Å²) >= 11 is 0. The van der Waals surface area contributed by atoms with Gasteiger partial charge < -0.3 is 34.9 Å². The molecule has 2 amide bonds. The van der Waals surface area contributed by atoms with E-state index in [0.29, 0.717) is 83.9 Å². The highest BCUT2D eigenvalue weighted by molar-refractivity contribution is 5.93. The van der Waals surface area contributed by atoms with Gasteiger partial charge in [-0.15, -0.1) is 5.10 Å². The van der Waals surface area contributed by atoms with E-state index in [1.807, 2.05) is 12.1 Å². The lowest BCUT2D eigenvalue weighted by molar-refractivity contribution is -0.119. The van der Waals surface area contributed by atoms with Crippen LogP contribution in [0.1, 0.15) is 56.2 Å². The fourth-order valence-electron chi connectivity index (χ4n) is 6.37. The third-order valence-electron chi connectivity index (χ3n) is 8.82. The first-order valence-electron chi connectivity index (χ1n) is 16.9. The van der Waals surface area contributed by atoms with Gasteiger partial charge in [-0.2, -0.15) is 0 Å². The van der Waals surface area contributed by atoms with E-state index in [2.05, 4.69) is 26.3 Å². The molecule has 14 nitrogen and oxygen atoms in total. The monoisotopic (exact) mass is 700 g/mol. The number of anilines is 2. The van der Waals surface area contributed by atoms with Crippen LogP contribution >= 0.6 is 0 Å². The number of fused-ring (bicyclic) bond motifs is 4. The van der Waals surface area contributed by atoms with Crippen molar-refractivity contribution in [1.29, 1.82) is 0 Å². The smallest absolute Gasteiger partial charge is 0.277 e. The van der Waals surface area contributed by atoms with Crippen LogP contribution in [-0.4, -0.2) is 68.4 Å². The molecule has 4 aromatic rings. The Hall–Kier alpha value is -5.50. The zero-order valence-electron chi connectivity index (χ0n) is 29.6. The largest absolute Gasteiger partial charge is 0.493 e. The van der Waals surface area contributed by atoms with Crippen LogP contribution in [0, 0.1) is 0 Å². The van der Waals surface area contributed by atoms with Gasteiger partial charge in [0.2, 0.25) is 23.0 Å². The van der Waals surface area contributed by atoms with Gasteiger partial charge in [0.25, 0.3) is 5.56 Å². The van der Waals surface area contributed by atoms with Crippen LogP contribution in [0.4, 0.5) is 11.4 Å². The molecule has 1 aliphatic carbocycles. The summed E-state index contributed by atoms with van der Waals surface area (Å²) in [5.41, 5.74) is 4.05. The number of carbonyl (C=O) groups excluding carboxylic acids is 2. The van der Waals surface area contributed by atoms with Crippen LogP contribution in [0.3, 0.4) is 0 Å². The number of hydrogen-bond acceptors (Lipinski definition) is 11. The van der Waals surface area contributed by atoms with E-state index in [4.69, 9.17) is 18.9 Å². The molecule has 1 atom stereocenters. The molecule has 1 unspecified atom stereocenters. The number of carbonyl (C=O) groups is 2. The summed E-state index contributed by atoms with van der Waals surface area (Å²) in [6, 6.07) is 11.7. The molecule has 3 aromatic carbocycles. The van der Waals surface area contributed by atoms with E-state index in [1.54, 1.807) is 58.8 Å². The topological polar surface area (TPSA) is 172 Å². The van der Waals surface area contributed by atoms with Crippen LogP contribution in [0.5, 0.6) is 17.2 Å². The summed E-state index contributed by atoms with van der Waals surface area (Å²) in [5.74, 6) is 1.11. The normalized spacial score (nSPS) is 13.4. The molecule has 3 N–H and O–H groups in total. The van der Waals surface area contributed by atoms with E-state index in [0.717, 1.165) is 29.5 Å². The Morgan fingerprint density at radius 2 is 1.75 bits per heavy atom. The Morgan fingerprint density at radius 3 is 2.47 bits per heavy atom. The Kier molecular flexibility index (Phi) is 12.2. The van der Waals surface area contributed by atoms with Gasteiger partial charge in [-0.3, -0.25) is 19.2 Å². The van der Waals surface area contributed by atoms with Crippen LogP contribution in [0.2, 0.25) is 0 Å². The standard InChI is InChI=1S/C37H44N6O8/c1-22(44)39-28-13-10-23-19-32(49-3)35(50-4)36(51-5)34(23)25-12-15-30(31(45)21-26(25)28)38-16-8-6-7-9-33(46)40-24-11-14-29-27(20-24)37(47)43(42-41-29)17-18-48-2/h11-12,14-15,19-21,28H,6-10,13,16-18H2,1-5H3,(H,38,45)(H,39,44)(H,40,46). The molecule has 0 radical (unpaired) electrons. The number of methoxy groups -OCH3 is 4. The molecule has 270 valence electrons. The van der Waals surface area contributed by atoms with Crippen molar-refractivity contribution in [3.05, 3.63) is 74.2 Å². The molecule has 0 bridgehead atoms. The minimum absolute atomic E-state index is 0.166. The van der Waals surface area contributed by atoms with Gasteiger partial charge in [0.15, 0.2) is 11.5 Å².